The summed E-state index contributed by atoms with van der Waals surface area (Å²) in [6.45, 7) is 8.72. The number of carbonyl (C=O) groups excluding carboxylic acids is 2. The number of rotatable bonds is 6. The van der Waals surface area contributed by atoms with E-state index in [2.05, 4.69) is 20.8 Å². The highest BCUT2D eigenvalue weighted by molar-refractivity contribution is 6.05. The molecule has 0 aromatic rings. The molecule has 1 unspecified atom stereocenters. The molecule has 4 rings (SSSR count). The van der Waals surface area contributed by atoms with Gasteiger partial charge in [-0.25, -0.2) is 0 Å². The van der Waals surface area contributed by atoms with Gasteiger partial charge >= 0.3 is 0 Å². The molecule has 0 spiro atoms. The molecule has 0 amide bonds. The van der Waals surface area contributed by atoms with E-state index in [1.165, 1.54) is 19.3 Å². The molecule has 0 bridgehead atoms. The number of aliphatic hydroxyl groups is 3. The molecule has 3 N–H and O–H groups in total. The second-order valence-corrected chi connectivity index (χ2v) is 12.2. The van der Waals surface area contributed by atoms with Crippen molar-refractivity contribution in [2.75, 3.05) is 0 Å². The summed E-state index contributed by atoms with van der Waals surface area (Å²) in [7, 11) is 0. The van der Waals surface area contributed by atoms with E-state index in [1.54, 1.807) is 13.0 Å². The molecule has 0 aromatic heterocycles. The Kier molecular flexibility index (Phi) is 6.26. The third kappa shape index (κ3) is 3.92. The van der Waals surface area contributed by atoms with Crippen LogP contribution in [-0.4, -0.2) is 32.9 Å². The van der Waals surface area contributed by atoms with E-state index < -0.39 is 11.9 Å². The van der Waals surface area contributed by atoms with Gasteiger partial charge in [-0.15, -0.1) is 0 Å². The van der Waals surface area contributed by atoms with Crippen molar-refractivity contribution in [3.63, 3.8) is 0 Å². The fourth-order valence-electron chi connectivity index (χ4n) is 8.50. The van der Waals surface area contributed by atoms with Crippen LogP contribution in [0.3, 0.4) is 0 Å². The lowest BCUT2D eigenvalue weighted by atomic mass is 9.46. The number of fused-ring (bicyclic) bond motifs is 5. The number of hydrogen-bond acceptors (Lipinski definition) is 5. The summed E-state index contributed by atoms with van der Waals surface area (Å²) in [6.07, 6.45) is 10.9. The minimum Gasteiger partial charge on any atom is -0.343 e. The van der Waals surface area contributed by atoms with Crippen molar-refractivity contribution in [2.24, 2.45) is 46.3 Å². The Hall–Kier alpha value is -1.04. The highest BCUT2D eigenvalue weighted by atomic mass is 16.7. The van der Waals surface area contributed by atoms with Crippen molar-refractivity contribution in [3.05, 3.63) is 11.6 Å². The zero-order valence-corrected chi connectivity index (χ0v) is 20.3. The summed E-state index contributed by atoms with van der Waals surface area (Å²) >= 11 is 0. The molecule has 3 saturated carbocycles. The number of Topliss-reactive ketones (excluding diaryl/α,β-unsaturated/α-hetero) is 1. The maximum absolute atomic E-state index is 13.1. The van der Waals surface area contributed by atoms with Gasteiger partial charge in [-0.05, 0) is 85.0 Å². The van der Waals surface area contributed by atoms with Crippen molar-refractivity contribution in [1.29, 1.82) is 0 Å². The Morgan fingerprint density at radius 2 is 1.75 bits per heavy atom. The lowest BCUT2D eigenvalue weighted by molar-refractivity contribution is -0.340. The smallest absolute Gasteiger partial charge is 0.277 e. The fourth-order valence-corrected chi connectivity index (χ4v) is 8.50. The first-order valence-corrected chi connectivity index (χ1v) is 12.8. The van der Waals surface area contributed by atoms with E-state index in [0.29, 0.717) is 48.9 Å². The van der Waals surface area contributed by atoms with Crippen LogP contribution >= 0.6 is 0 Å². The predicted molar refractivity (Wildman–Crippen MR) is 122 cm³/mol. The van der Waals surface area contributed by atoms with E-state index in [0.717, 1.165) is 31.3 Å². The number of hydrogen-bond donors (Lipinski definition) is 3. The van der Waals surface area contributed by atoms with E-state index in [1.807, 2.05) is 0 Å². The highest BCUT2D eigenvalue weighted by Gasteiger charge is 2.61. The van der Waals surface area contributed by atoms with Crippen LogP contribution in [0.4, 0.5) is 0 Å². The molecular weight excluding hydrogens is 404 g/mol. The average Bonchev–Trinajstić information content (AvgIpc) is 3.06. The lowest BCUT2D eigenvalue weighted by Gasteiger charge is -2.57. The molecular formula is C27H42O5. The zero-order valence-electron chi connectivity index (χ0n) is 20.3. The largest absolute Gasteiger partial charge is 0.343 e. The SMILES string of the molecule is CC(CCC[C@@H](C)[C@H]1CC[C@H]2[C@@H]3CC(=O)C4=CC(=O)CC[C@]4(C)[C@H]3CC[C@]12C)C(O)(O)O. The van der Waals surface area contributed by atoms with Crippen molar-refractivity contribution in [2.45, 2.75) is 97.9 Å². The zero-order chi connectivity index (χ0) is 23.5. The van der Waals surface area contributed by atoms with E-state index in [4.69, 9.17) is 0 Å². The summed E-state index contributed by atoms with van der Waals surface area (Å²) < 4.78 is 0. The Balaban J connectivity index is 1.46. The maximum Gasteiger partial charge on any atom is 0.277 e. The first-order chi connectivity index (χ1) is 14.9. The van der Waals surface area contributed by atoms with Crippen LogP contribution in [0.5, 0.6) is 0 Å². The van der Waals surface area contributed by atoms with E-state index in [9.17, 15) is 24.9 Å². The Morgan fingerprint density at radius 1 is 1.03 bits per heavy atom. The molecule has 4 aliphatic rings. The molecule has 32 heavy (non-hydrogen) atoms. The normalized spacial score (nSPS) is 41.4. The minimum absolute atomic E-state index is 0.120. The van der Waals surface area contributed by atoms with Crippen molar-refractivity contribution in [3.8, 4) is 0 Å². The van der Waals surface area contributed by atoms with Crippen LogP contribution in [-0.2, 0) is 9.59 Å². The van der Waals surface area contributed by atoms with Crippen LogP contribution in [0.25, 0.3) is 0 Å². The van der Waals surface area contributed by atoms with Gasteiger partial charge in [0.25, 0.3) is 5.97 Å². The van der Waals surface area contributed by atoms with E-state index >= 15 is 0 Å². The van der Waals surface area contributed by atoms with Gasteiger partial charge in [0.05, 0.1) is 0 Å². The van der Waals surface area contributed by atoms with Crippen molar-refractivity contribution >= 4 is 11.6 Å². The molecule has 0 aliphatic heterocycles. The van der Waals surface area contributed by atoms with Crippen LogP contribution in [0.15, 0.2) is 11.6 Å². The van der Waals surface area contributed by atoms with Crippen LogP contribution in [0.2, 0.25) is 0 Å². The molecule has 4 aliphatic carbocycles. The molecule has 3 fully saturated rings. The van der Waals surface area contributed by atoms with Gasteiger partial charge in [0, 0.05) is 24.3 Å². The van der Waals surface area contributed by atoms with Gasteiger partial charge in [0.1, 0.15) is 0 Å². The van der Waals surface area contributed by atoms with Gasteiger partial charge in [0.2, 0.25) is 0 Å². The number of ketones is 2. The van der Waals surface area contributed by atoms with Gasteiger partial charge in [-0.3, -0.25) is 9.59 Å². The van der Waals surface area contributed by atoms with Gasteiger partial charge in [-0.2, -0.15) is 0 Å². The molecule has 0 saturated heterocycles. The fraction of sp³-hybridized carbons (Fsp3) is 0.852. The van der Waals surface area contributed by atoms with Gasteiger partial charge in [0.15, 0.2) is 11.6 Å². The number of allylic oxidation sites excluding steroid dienone is 1. The molecule has 8 atom stereocenters. The van der Waals surface area contributed by atoms with Gasteiger partial charge in [-0.1, -0.05) is 40.5 Å². The average molecular weight is 447 g/mol. The van der Waals surface area contributed by atoms with Gasteiger partial charge < -0.3 is 15.3 Å². The quantitative estimate of drug-likeness (QED) is 0.526. The monoisotopic (exact) mass is 446 g/mol. The highest BCUT2D eigenvalue weighted by Crippen LogP contribution is 2.67. The lowest BCUT2D eigenvalue weighted by Crippen LogP contribution is -2.53. The summed E-state index contributed by atoms with van der Waals surface area (Å²) in [5, 5.41) is 28.1. The summed E-state index contributed by atoms with van der Waals surface area (Å²) in [5.74, 6) is -0.121. The molecule has 0 aromatic carbocycles. The maximum atomic E-state index is 13.1. The summed E-state index contributed by atoms with van der Waals surface area (Å²) in [4.78, 5) is 25.2. The second kappa shape index (κ2) is 8.32. The predicted octanol–water partition coefficient (Wildman–Crippen LogP) is 4.39. The molecule has 0 heterocycles. The standard InChI is InChI=1S/C27H42O5/c1-16(6-5-7-17(2)27(30,31)32)20-8-9-21-19-15-24(29)23-14-18(28)10-12-26(23,4)22(19)11-13-25(20,21)3/h14,16-17,19-22,30-32H,5-13,15H2,1-4H3/t16-,17?,19+,20-,21+,22+,25-,26-/m1/s1. The molecule has 5 heteroatoms. The first-order valence-electron chi connectivity index (χ1n) is 12.8. The third-order valence-corrected chi connectivity index (χ3v) is 10.5. The van der Waals surface area contributed by atoms with Crippen LogP contribution < -0.4 is 0 Å². The van der Waals surface area contributed by atoms with Crippen LogP contribution in [0, 0.1) is 46.3 Å². The summed E-state index contributed by atoms with van der Waals surface area (Å²) in [5.41, 5.74) is 0.951. The topological polar surface area (TPSA) is 94.8 Å². The van der Waals surface area contributed by atoms with E-state index in [-0.39, 0.29) is 22.4 Å². The van der Waals surface area contributed by atoms with Crippen molar-refractivity contribution < 1.29 is 24.9 Å². The number of carbonyl (C=O) groups is 2. The summed E-state index contributed by atoms with van der Waals surface area (Å²) in [6, 6.07) is 0. The Labute approximate surface area is 192 Å². The Morgan fingerprint density at radius 3 is 2.44 bits per heavy atom. The molecule has 0 radical (unpaired) electrons. The molecule has 5 nitrogen and oxygen atoms in total. The second-order valence-electron chi connectivity index (χ2n) is 12.2. The minimum atomic E-state index is -2.59. The molecule has 180 valence electrons. The first kappa shape index (κ1) is 24.1. The third-order valence-electron chi connectivity index (χ3n) is 10.5. The van der Waals surface area contributed by atoms with Crippen molar-refractivity contribution in [1.82, 2.24) is 0 Å². The van der Waals surface area contributed by atoms with Crippen LogP contribution in [0.1, 0.15) is 91.9 Å². The Bertz CT molecular complexity index is 794.